The van der Waals surface area contributed by atoms with Crippen LogP contribution in [0.4, 0.5) is 7.05 Å². The largest absolute Gasteiger partial charge is 0.759 e. The Kier molecular flexibility index (Phi) is 20.0. The molecular weight excluding hydrogens is 71.9 g/mol. The molecule has 0 spiro atoms. The van der Waals surface area contributed by atoms with Gasteiger partial charge < -0.3 is 7.05 Å². The summed E-state index contributed by atoms with van der Waals surface area (Å²) in [6.07, 6.45) is 0. The van der Waals surface area contributed by atoms with E-state index >= 15 is 0 Å². The maximum absolute atomic E-state index is 9.71. The standard InChI is InChI=1S/Al.2FH.Li/h;2*1H;/q+2;;;/p-2. The Bertz CT molecular complexity index is 6.00. The summed E-state index contributed by atoms with van der Waals surface area (Å²) in [7, 11) is 0. The predicted octanol–water partition coefficient (Wildman–Crippen LogP) is 0.0788. The fourth-order valence-corrected chi connectivity index (χ4v) is 0. The van der Waals surface area contributed by atoms with Gasteiger partial charge in [0.25, 0.3) is 0 Å². The van der Waals surface area contributed by atoms with Gasteiger partial charge in [-0.3, -0.25) is 0 Å². The third-order valence-electron chi connectivity index (χ3n) is 0. The Labute approximate surface area is 42.4 Å². The van der Waals surface area contributed by atoms with Crippen LogP contribution in [-0.2, 0) is 0 Å². The first-order valence-electron chi connectivity index (χ1n) is 0.436. The molecule has 4 heavy (non-hydrogen) atoms. The van der Waals surface area contributed by atoms with Crippen LogP contribution in [0.5, 0.6) is 0 Å². The van der Waals surface area contributed by atoms with Crippen LogP contribution >= 0.6 is 0 Å². The van der Waals surface area contributed by atoms with Crippen molar-refractivity contribution in [3.05, 3.63) is 0 Å². The molecule has 0 aliphatic heterocycles. The molecule has 0 unspecified atom stereocenters. The van der Waals surface area contributed by atoms with Gasteiger partial charge in [-0.15, -0.1) is 0 Å². The van der Waals surface area contributed by atoms with E-state index in [0.717, 1.165) is 0 Å². The number of rotatable bonds is 0. The van der Waals surface area contributed by atoms with Crippen LogP contribution in [0.2, 0.25) is 0 Å². The number of hydrogen-bond acceptors (Lipinski definition) is 0. The van der Waals surface area contributed by atoms with Crippen molar-refractivity contribution in [3.8, 4) is 0 Å². The summed E-state index contributed by atoms with van der Waals surface area (Å²) in [5.74, 6) is 0. The molecule has 0 aliphatic carbocycles. The van der Waals surface area contributed by atoms with E-state index in [1.54, 1.807) is 0 Å². The smallest absolute Gasteiger partial charge is 0.379 e. The van der Waals surface area contributed by atoms with Crippen molar-refractivity contribution >= 4 is 35.0 Å². The van der Waals surface area contributed by atoms with Crippen LogP contribution in [0, 0.1) is 0 Å². The molecule has 0 aromatic carbocycles. The van der Waals surface area contributed by atoms with Crippen molar-refractivity contribution in [2.24, 2.45) is 0 Å². The van der Waals surface area contributed by atoms with Crippen LogP contribution in [-0.4, -0.2) is 35.0 Å². The zero-order valence-corrected chi connectivity index (χ0v) is 3.49. The topological polar surface area (TPSA) is 0 Å². The Morgan fingerprint density at radius 2 is 1.25 bits per heavy atom. The summed E-state index contributed by atoms with van der Waals surface area (Å²) >= 11 is -2.25. The van der Waals surface area contributed by atoms with E-state index in [1.165, 1.54) is 0 Å². The molecule has 0 aliphatic rings. The maximum atomic E-state index is 9.71. The average Bonchev–Trinajstić information content (AvgIpc) is 0.918. The zero-order valence-electron chi connectivity index (χ0n) is 2.33. The molecule has 0 rings (SSSR count). The third kappa shape index (κ3) is 12.1. The quantitative estimate of drug-likeness (QED) is 0.355. The summed E-state index contributed by atoms with van der Waals surface area (Å²) in [5.41, 5.74) is 0. The third-order valence-corrected chi connectivity index (χ3v) is 0. The minimum Gasteiger partial charge on any atom is -0.379 e. The summed E-state index contributed by atoms with van der Waals surface area (Å²) in [5, 5.41) is 0. The van der Waals surface area contributed by atoms with Crippen LogP contribution < -0.4 is 0 Å². The Balaban J connectivity index is 0. The van der Waals surface area contributed by atoms with E-state index in [4.69, 9.17) is 0 Å². The molecule has 0 N–H and O–H groups in total. The van der Waals surface area contributed by atoms with E-state index in [-0.39, 0.29) is 18.9 Å². The number of hydrogen-bond donors (Lipinski definition) is 0. The summed E-state index contributed by atoms with van der Waals surface area (Å²) in [4.78, 5) is 0. The molecule has 0 amide bonds. The normalized spacial score (nSPS) is 3.50. The summed E-state index contributed by atoms with van der Waals surface area (Å²) in [6, 6.07) is 0. The fraction of sp³-hybridized carbons (Fsp3) is 0. The second kappa shape index (κ2) is 9.01. The van der Waals surface area contributed by atoms with Crippen LogP contribution in [0.15, 0.2) is 0 Å². The van der Waals surface area contributed by atoms with Gasteiger partial charge in [0.05, 0.1) is 0 Å². The van der Waals surface area contributed by atoms with E-state index in [2.05, 4.69) is 0 Å². The SMILES string of the molecule is [F][Al][F].[Li]. The van der Waals surface area contributed by atoms with Gasteiger partial charge in [0.2, 0.25) is 0 Å². The molecule has 0 aromatic heterocycles. The molecule has 0 atom stereocenters. The molecule has 0 bridgehead atoms. The van der Waals surface area contributed by atoms with Gasteiger partial charge in [-0.05, 0) is 0 Å². The van der Waals surface area contributed by atoms with Gasteiger partial charge in [0.15, 0.2) is 0 Å². The maximum Gasteiger partial charge on any atom is 0.759 e. The summed E-state index contributed by atoms with van der Waals surface area (Å²) < 4.78 is 19.4. The van der Waals surface area contributed by atoms with E-state index in [1.807, 2.05) is 0 Å². The fourth-order valence-electron chi connectivity index (χ4n) is 0. The van der Waals surface area contributed by atoms with Gasteiger partial charge in [0.1, 0.15) is 0 Å². The van der Waals surface area contributed by atoms with Crippen molar-refractivity contribution in [2.45, 2.75) is 0 Å². The van der Waals surface area contributed by atoms with Gasteiger partial charge >= 0.3 is 16.1 Å². The zero-order chi connectivity index (χ0) is 2.71. The number of halogens is 2. The van der Waals surface area contributed by atoms with E-state index in [9.17, 15) is 7.05 Å². The molecule has 0 saturated carbocycles. The first kappa shape index (κ1) is 8.89. The molecule has 4 heteroatoms. The van der Waals surface area contributed by atoms with Crippen LogP contribution in [0.25, 0.3) is 0 Å². The van der Waals surface area contributed by atoms with Crippen molar-refractivity contribution in [2.75, 3.05) is 0 Å². The van der Waals surface area contributed by atoms with E-state index < -0.39 is 16.1 Å². The van der Waals surface area contributed by atoms with Gasteiger partial charge in [-0.2, -0.15) is 0 Å². The monoisotopic (exact) mass is 72.0 g/mol. The Hall–Kier alpha value is 0.990. The van der Waals surface area contributed by atoms with Gasteiger partial charge in [-0.1, -0.05) is 0 Å². The predicted molar refractivity (Wildman–Crippen MR) is 13.7 cm³/mol. The van der Waals surface area contributed by atoms with Crippen LogP contribution in [0.3, 0.4) is 0 Å². The molecule has 0 saturated heterocycles. The average molecular weight is 71.9 g/mol. The summed E-state index contributed by atoms with van der Waals surface area (Å²) in [6.45, 7) is 0. The minimum absolute atomic E-state index is 0. The first-order chi connectivity index (χ1) is 1.41. The second-order valence-corrected chi connectivity index (χ2v) is 0.247. The van der Waals surface area contributed by atoms with Crippen LogP contribution in [0.1, 0.15) is 0 Å². The molecule has 18 valence electrons. The molecule has 0 heterocycles. The second-order valence-electron chi connectivity index (χ2n) is 0.0825. The molecule has 0 nitrogen and oxygen atoms in total. The molecule has 0 aromatic rings. The molecule has 0 fully saturated rings. The van der Waals surface area contributed by atoms with Gasteiger partial charge in [-0.25, -0.2) is 0 Å². The Morgan fingerprint density at radius 1 is 1.25 bits per heavy atom. The van der Waals surface area contributed by atoms with Crippen molar-refractivity contribution in [1.29, 1.82) is 0 Å². The van der Waals surface area contributed by atoms with Crippen molar-refractivity contribution < 1.29 is 7.05 Å². The Morgan fingerprint density at radius 3 is 1.25 bits per heavy atom. The molecule has 2 radical (unpaired) electrons. The van der Waals surface area contributed by atoms with Crippen molar-refractivity contribution in [3.63, 3.8) is 0 Å². The van der Waals surface area contributed by atoms with E-state index in [0.29, 0.717) is 0 Å². The molecular formula is AlF2Li. The van der Waals surface area contributed by atoms with Crippen molar-refractivity contribution in [1.82, 2.24) is 0 Å². The van der Waals surface area contributed by atoms with Gasteiger partial charge in [0, 0.05) is 18.9 Å². The first-order valence-corrected chi connectivity index (χ1v) is 1.31. The minimum atomic E-state index is -2.25.